The Hall–Kier alpha value is -1.71. The molecule has 1 N–H and O–H groups in total. The number of carbonyl (C=O) groups is 1. The maximum atomic E-state index is 12.1. The highest BCUT2D eigenvalue weighted by molar-refractivity contribution is 6.36. The first-order valence-electron chi connectivity index (χ1n) is 5.97. The van der Waals surface area contributed by atoms with Crippen LogP contribution in [0, 0.1) is 0 Å². The van der Waals surface area contributed by atoms with Gasteiger partial charge in [-0.1, -0.05) is 41.4 Å². The first kappa shape index (κ1) is 14.7. The molecular formula is C15H13Cl2NO2. The summed E-state index contributed by atoms with van der Waals surface area (Å²) in [6, 6.07) is 12.3. The van der Waals surface area contributed by atoms with Crippen LogP contribution in [-0.2, 0) is 6.54 Å². The highest BCUT2D eigenvalue weighted by atomic mass is 35.5. The summed E-state index contributed by atoms with van der Waals surface area (Å²) in [5.41, 5.74) is 1.29. The van der Waals surface area contributed by atoms with Crippen LogP contribution in [0.3, 0.4) is 0 Å². The van der Waals surface area contributed by atoms with Crippen LogP contribution < -0.4 is 10.1 Å². The summed E-state index contributed by atoms with van der Waals surface area (Å²) in [6.07, 6.45) is 0. The second-order valence-electron chi connectivity index (χ2n) is 4.12. The summed E-state index contributed by atoms with van der Waals surface area (Å²) in [7, 11) is 1.59. The minimum Gasteiger partial charge on any atom is -0.496 e. The average molecular weight is 310 g/mol. The Morgan fingerprint density at radius 2 is 1.95 bits per heavy atom. The van der Waals surface area contributed by atoms with E-state index in [2.05, 4.69) is 5.32 Å². The average Bonchev–Trinajstić information content (AvgIpc) is 2.45. The lowest BCUT2D eigenvalue weighted by Gasteiger charge is -2.10. The van der Waals surface area contributed by atoms with Gasteiger partial charge in [-0.05, 0) is 24.3 Å². The molecule has 0 atom stereocenters. The largest absolute Gasteiger partial charge is 0.496 e. The first-order valence-corrected chi connectivity index (χ1v) is 6.72. The van der Waals surface area contributed by atoms with E-state index in [1.54, 1.807) is 25.3 Å². The zero-order chi connectivity index (χ0) is 14.5. The molecule has 5 heteroatoms. The fourth-order valence-corrected chi connectivity index (χ4v) is 2.29. The number of halogens is 2. The van der Waals surface area contributed by atoms with Gasteiger partial charge in [-0.25, -0.2) is 0 Å². The molecule has 2 aromatic carbocycles. The number of hydrogen-bond donors (Lipinski definition) is 1. The van der Waals surface area contributed by atoms with Gasteiger partial charge in [0.15, 0.2) is 0 Å². The second kappa shape index (κ2) is 6.64. The summed E-state index contributed by atoms with van der Waals surface area (Å²) >= 11 is 11.8. The third-order valence-corrected chi connectivity index (χ3v) is 3.36. The molecular weight excluding hydrogens is 297 g/mol. The highest BCUT2D eigenvalue weighted by Crippen LogP contribution is 2.21. The van der Waals surface area contributed by atoms with E-state index in [0.717, 1.165) is 11.3 Å². The van der Waals surface area contributed by atoms with Gasteiger partial charge in [-0.2, -0.15) is 0 Å². The molecule has 0 aliphatic rings. The topological polar surface area (TPSA) is 38.3 Å². The van der Waals surface area contributed by atoms with E-state index in [0.29, 0.717) is 22.2 Å². The van der Waals surface area contributed by atoms with E-state index in [1.807, 2.05) is 24.3 Å². The van der Waals surface area contributed by atoms with Gasteiger partial charge in [0, 0.05) is 17.1 Å². The molecule has 0 saturated carbocycles. The fraction of sp³-hybridized carbons (Fsp3) is 0.133. The molecule has 3 nitrogen and oxygen atoms in total. The molecule has 2 rings (SSSR count). The lowest BCUT2D eigenvalue weighted by Crippen LogP contribution is -2.23. The van der Waals surface area contributed by atoms with Crippen molar-refractivity contribution in [2.24, 2.45) is 0 Å². The molecule has 0 aliphatic carbocycles. The van der Waals surface area contributed by atoms with Crippen LogP contribution in [0.4, 0.5) is 0 Å². The number of amides is 1. The number of nitrogens with one attached hydrogen (secondary N) is 1. The number of para-hydroxylation sites is 1. The molecule has 0 spiro atoms. The molecule has 0 radical (unpaired) electrons. The Bertz CT molecular complexity index is 629. The van der Waals surface area contributed by atoms with E-state index in [9.17, 15) is 4.79 Å². The molecule has 0 heterocycles. The van der Waals surface area contributed by atoms with Gasteiger partial charge in [0.2, 0.25) is 0 Å². The van der Waals surface area contributed by atoms with Gasteiger partial charge in [-0.15, -0.1) is 0 Å². The normalized spacial score (nSPS) is 10.2. The van der Waals surface area contributed by atoms with Crippen molar-refractivity contribution in [1.82, 2.24) is 5.32 Å². The Balaban J connectivity index is 2.09. The van der Waals surface area contributed by atoms with Crippen molar-refractivity contribution in [2.75, 3.05) is 7.11 Å². The van der Waals surface area contributed by atoms with Crippen LogP contribution in [0.2, 0.25) is 10.0 Å². The third kappa shape index (κ3) is 3.44. The van der Waals surface area contributed by atoms with E-state index in [-0.39, 0.29) is 5.91 Å². The summed E-state index contributed by atoms with van der Waals surface area (Å²) < 4.78 is 5.23. The summed E-state index contributed by atoms with van der Waals surface area (Å²) in [5, 5.41) is 3.63. The minimum absolute atomic E-state index is 0.252. The second-order valence-corrected chi connectivity index (χ2v) is 4.96. The fourth-order valence-electron chi connectivity index (χ4n) is 1.79. The molecule has 20 heavy (non-hydrogen) atoms. The molecule has 0 fully saturated rings. The zero-order valence-corrected chi connectivity index (χ0v) is 12.3. The predicted octanol–water partition coefficient (Wildman–Crippen LogP) is 3.93. The lowest BCUT2D eigenvalue weighted by atomic mass is 10.1. The molecule has 2 aromatic rings. The number of rotatable bonds is 4. The number of hydrogen-bond acceptors (Lipinski definition) is 2. The van der Waals surface area contributed by atoms with Crippen molar-refractivity contribution in [2.45, 2.75) is 6.54 Å². The Morgan fingerprint density at radius 3 is 2.65 bits per heavy atom. The molecule has 0 aromatic heterocycles. The Labute approximate surface area is 127 Å². The van der Waals surface area contributed by atoms with E-state index in [4.69, 9.17) is 27.9 Å². The van der Waals surface area contributed by atoms with Gasteiger partial charge in [0.1, 0.15) is 5.75 Å². The maximum absolute atomic E-state index is 12.1. The Morgan fingerprint density at radius 1 is 1.20 bits per heavy atom. The number of ether oxygens (including phenoxy) is 1. The first-order chi connectivity index (χ1) is 9.61. The predicted molar refractivity (Wildman–Crippen MR) is 80.6 cm³/mol. The Kier molecular flexibility index (Phi) is 4.88. The van der Waals surface area contributed by atoms with Crippen molar-refractivity contribution in [3.8, 4) is 5.75 Å². The van der Waals surface area contributed by atoms with Crippen molar-refractivity contribution in [3.05, 3.63) is 63.6 Å². The van der Waals surface area contributed by atoms with E-state index >= 15 is 0 Å². The summed E-state index contributed by atoms with van der Waals surface area (Å²) in [5.74, 6) is 0.479. The SMILES string of the molecule is COc1ccccc1CNC(=O)c1ccc(Cl)cc1Cl. The molecule has 104 valence electrons. The standard InChI is InChI=1S/C15H13Cl2NO2/c1-20-14-5-3-2-4-10(14)9-18-15(19)12-7-6-11(16)8-13(12)17/h2-8H,9H2,1H3,(H,18,19). The molecule has 0 unspecified atom stereocenters. The highest BCUT2D eigenvalue weighted by Gasteiger charge is 2.11. The molecule has 0 bridgehead atoms. The van der Waals surface area contributed by atoms with Crippen LogP contribution in [0.25, 0.3) is 0 Å². The zero-order valence-electron chi connectivity index (χ0n) is 10.8. The van der Waals surface area contributed by atoms with Crippen LogP contribution in [0.1, 0.15) is 15.9 Å². The monoisotopic (exact) mass is 309 g/mol. The lowest BCUT2D eigenvalue weighted by molar-refractivity contribution is 0.0951. The smallest absolute Gasteiger partial charge is 0.253 e. The molecule has 0 aliphatic heterocycles. The van der Waals surface area contributed by atoms with Gasteiger partial charge >= 0.3 is 0 Å². The van der Waals surface area contributed by atoms with E-state index < -0.39 is 0 Å². The van der Waals surface area contributed by atoms with Crippen molar-refractivity contribution < 1.29 is 9.53 Å². The van der Waals surface area contributed by atoms with Gasteiger partial charge in [0.25, 0.3) is 5.91 Å². The van der Waals surface area contributed by atoms with Crippen molar-refractivity contribution >= 4 is 29.1 Å². The van der Waals surface area contributed by atoms with Crippen LogP contribution in [0.15, 0.2) is 42.5 Å². The van der Waals surface area contributed by atoms with Crippen molar-refractivity contribution in [1.29, 1.82) is 0 Å². The third-order valence-electron chi connectivity index (χ3n) is 2.81. The van der Waals surface area contributed by atoms with Crippen LogP contribution in [-0.4, -0.2) is 13.0 Å². The quantitative estimate of drug-likeness (QED) is 0.929. The van der Waals surface area contributed by atoms with Gasteiger partial charge < -0.3 is 10.1 Å². The van der Waals surface area contributed by atoms with E-state index in [1.165, 1.54) is 0 Å². The maximum Gasteiger partial charge on any atom is 0.253 e. The van der Waals surface area contributed by atoms with Crippen LogP contribution in [0.5, 0.6) is 5.75 Å². The molecule has 0 saturated heterocycles. The van der Waals surface area contributed by atoms with Crippen LogP contribution >= 0.6 is 23.2 Å². The molecule has 1 amide bonds. The van der Waals surface area contributed by atoms with Crippen molar-refractivity contribution in [3.63, 3.8) is 0 Å². The minimum atomic E-state index is -0.252. The number of methoxy groups -OCH3 is 1. The van der Waals surface area contributed by atoms with Gasteiger partial charge in [0.05, 0.1) is 17.7 Å². The number of benzene rings is 2. The number of carbonyl (C=O) groups excluding carboxylic acids is 1. The summed E-state index contributed by atoms with van der Waals surface area (Å²) in [6.45, 7) is 0.363. The van der Waals surface area contributed by atoms with Gasteiger partial charge in [-0.3, -0.25) is 4.79 Å². The summed E-state index contributed by atoms with van der Waals surface area (Å²) in [4.78, 5) is 12.1.